The molecule has 0 unspecified atom stereocenters. The summed E-state index contributed by atoms with van der Waals surface area (Å²) in [4.78, 5) is 11.8. The first-order chi connectivity index (χ1) is 9.45. The van der Waals surface area contributed by atoms with E-state index in [1.54, 1.807) is 6.20 Å². The summed E-state index contributed by atoms with van der Waals surface area (Å²) in [6, 6.07) is 4.18. The van der Waals surface area contributed by atoms with Gasteiger partial charge in [-0.3, -0.25) is 9.48 Å². The maximum Gasteiger partial charge on any atom is 0.328 e. The molecule has 0 bridgehead atoms. The smallest absolute Gasteiger partial charge is 0.328 e. The number of ether oxygens (including phenoxy) is 1. The van der Waals surface area contributed by atoms with Gasteiger partial charge in [0.1, 0.15) is 13.2 Å². The molecule has 1 heterocycles. The molecule has 0 aliphatic rings. The molecule has 5 nitrogen and oxygen atoms in total. The third-order valence-corrected chi connectivity index (χ3v) is 3.16. The number of nitrogen functional groups attached to an aromatic ring is 1. The van der Waals surface area contributed by atoms with Crippen LogP contribution in [0.3, 0.4) is 0 Å². The summed E-state index contributed by atoms with van der Waals surface area (Å²) in [5.74, 6) is -0.326. The average molecular weight is 273 g/mol. The predicted molar refractivity (Wildman–Crippen MR) is 77.1 cm³/mol. The van der Waals surface area contributed by atoms with Crippen LogP contribution >= 0.6 is 0 Å². The average Bonchev–Trinajstić information content (AvgIpc) is 2.73. The summed E-state index contributed by atoms with van der Waals surface area (Å²) in [5.41, 5.74) is 10.6. The highest BCUT2D eigenvalue weighted by molar-refractivity contribution is 5.69. The van der Waals surface area contributed by atoms with Gasteiger partial charge in [0.15, 0.2) is 0 Å². The normalized spacial score (nSPS) is 10.6. The third-order valence-electron chi connectivity index (χ3n) is 3.16. The van der Waals surface area contributed by atoms with Crippen LogP contribution in [0.15, 0.2) is 24.5 Å². The zero-order valence-corrected chi connectivity index (χ0v) is 12.0. The number of rotatable bonds is 4. The Balaban J connectivity index is 1.97. The number of nitrogens with zero attached hydrogens (tertiary/aromatic N) is 2. The minimum absolute atomic E-state index is 0.0706. The molecule has 0 saturated carbocycles. The molecular formula is C15H19N3O2. The first kappa shape index (κ1) is 14.1. The predicted octanol–water partition coefficient (Wildman–Crippen LogP) is 2.13. The van der Waals surface area contributed by atoms with E-state index in [0.717, 1.165) is 16.7 Å². The van der Waals surface area contributed by atoms with Crippen LogP contribution in [0.25, 0.3) is 0 Å². The van der Waals surface area contributed by atoms with Crippen LogP contribution in [-0.2, 0) is 22.7 Å². The van der Waals surface area contributed by atoms with E-state index >= 15 is 0 Å². The number of esters is 1. The van der Waals surface area contributed by atoms with Crippen LogP contribution in [0.4, 0.5) is 5.69 Å². The largest absolute Gasteiger partial charge is 0.459 e. The second-order valence-corrected chi connectivity index (χ2v) is 5.01. The van der Waals surface area contributed by atoms with Gasteiger partial charge in [-0.05, 0) is 37.5 Å². The maximum atomic E-state index is 11.8. The summed E-state index contributed by atoms with van der Waals surface area (Å²) in [6.45, 7) is 6.46. The van der Waals surface area contributed by atoms with Gasteiger partial charge in [0.25, 0.3) is 0 Å². The molecule has 2 N–H and O–H groups in total. The Kier molecular flexibility index (Phi) is 4.08. The van der Waals surface area contributed by atoms with Gasteiger partial charge < -0.3 is 10.5 Å². The van der Waals surface area contributed by atoms with E-state index < -0.39 is 0 Å². The number of carbonyl (C=O) groups is 1. The second-order valence-electron chi connectivity index (χ2n) is 5.01. The molecule has 0 aliphatic carbocycles. The van der Waals surface area contributed by atoms with Crippen LogP contribution in [0.1, 0.15) is 22.3 Å². The second kappa shape index (κ2) is 5.77. The van der Waals surface area contributed by atoms with Crippen LogP contribution < -0.4 is 5.73 Å². The number of hydrogen-bond acceptors (Lipinski definition) is 4. The number of benzene rings is 1. The number of aromatic nitrogens is 2. The summed E-state index contributed by atoms with van der Waals surface area (Å²) in [7, 11) is 0. The molecule has 2 aromatic rings. The van der Waals surface area contributed by atoms with Crippen molar-refractivity contribution in [3.63, 3.8) is 0 Å². The molecular weight excluding hydrogens is 254 g/mol. The van der Waals surface area contributed by atoms with Gasteiger partial charge in [0, 0.05) is 6.20 Å². The fraction of sp³-hybridized carbons (Fsp3) is 0.333. The van der Waals surface area contributed by atoms with Crippen LogP contribution in [0, 0.1) is 20.8 Å². The van der Waals surface area contributed by atoms with Crippen molar-refractivity contribution in [1.82, 2.24) is 9.78 Å². The monoisotopic (exact) mass is 273 g/mol. The topological polar surface area (TPSA) is 70.1 Å². The van der Waals surface area contributed by atoms with Crippen molar-refractivity contribution < 1.29 is 9.53 Å². The molecule has 5 heteroatoms. The van der Waals surface area contributed by atoms with E-state index in [4.69, 9.17) is 10.5 Å². The van der Waals surface area contributed by atoms with E-state index in [1.807, 2.05) is 13.8 Å². The lowest BCUT2D eigenvalue weighted by Gasteiger charge is -2.12. The van der Waals surface area contributed by atoms with E-state index in [-0.39, 0.29) is 19.1 Å². The van der Waals surface area contributed by atoms with Crippen molar-refractivity contribution in [2.24, 2.45) is 0 Å². The molecule has 0 radical (unpaired) electrons. The Hall–Kier alpha value is -2.30. The summed E-state index contributed by atoms with van der Waals surface area (Å²) in [6.07, 6.45) is 3.10. The minimum atomic E-state index is -0.326. The van der Waals surface area contributed by atoms with E-state index in [2.05, 4.69) is 24.2 Å². The molecule has 1 aromatic carbocycles. The zero-order chi connectivity index (χ0) is 14.7. The molecule has 0 saturated heterocycles. The number of aryl methyl sites for hydroxylation is 3. The van der Waals surface area contributed by atoms with Crippen molar-refractivity contribution in [3.8, 4) is 0 Å². The van der Waals surface area contributed by atoms with Gasteiger partial charge in [0.05, 0.1) is 11.9 Å². The quantitative estimate of drug-likeness (QED) is 0.866. The lowest BCUT2D eigenvalue weighted by molar-refractivity contribution is -0.145. The molecule has 0 atom stereocenters. The first-order valence-corrected chi connectivity index (χ1v) is 6.46. The van der Waals surface area contributed by atoms with Gasteiger partial charge in [-0.25, -0.2) is 0 Å². The van der Waals surface area contributed by atoms with Crippen molar-refractivity contribution in [1.29, 1.82) is 0 Å². The number of carbonyl (C=O) groups excluding carboxylic acids is 1. The van der Waals surface area contributed by atoms with Crippen molar-refractivity contribution in [2.75, 3.05) is 5.73 Å². The lowest BCUT2D eigenvalue weighted by Crippen LogP contribution is -2.14. The Morgan fingerprint density at radius 1 is 1.30 bits per heavy atom. The van der Waals surface area contributed by atoms with Crippen LogP contribution in [0.2, 0.25) is 0 Å². The molecule has 1 aromatic heterocycles. The zero-order valence-electron chi connectivity index (χ0n) is 12.0. The molecule has 106 valence electrons. The van der Waals surface area contributed by atoms with Crippen LogP contribution in [-0.4, -0.2) is 15.7 Å². The highest BCUT2D eigenvalue weighted by Crippen LogP contribution is 2.17. The molecule has 2 rings (SSSR count). The third kappa shape index (κ3) is 3.38. The molecule has 0 fully saturated rings. The van der Waals surface area contributed by atoms with Gasteiger partial charge in [-0.15, -0.1) is 0 Å². The SMILES string of the molecule is Cc1cc(C)c(COC(=O)Cn2cc(N)cn2)c(C)c1. The highest BCUT2D eigenvalue weighted by Gasteiger charge is 2.09. The van der Waals surface area contributed by atoms with Gasteiger partial charge in [0.2, 0.25) is 0 Å². The van der Waals surface area contributed by atoms with E-state index in [9.17, 15) is 4.79 Å². The van der Waals surface area contributed by atoms with E-state index in [0.29, 0.717) is 5.69 Å². The van der Waals surface area contributed by atoms with Crippen molar-refractivity contribution in [3.05, 3.63) is 46.8 Å². The maximum absolute atomic E-state index is 11.8. The number of hydrogen-bond donors (Lipinski definition) is 1. The molecule has 0 amide bonds. The molecule has 20 heavy (non-hydrogen) atoms. The summed E-state index contributed by atoms with van der Waals surface area (Å²) < 4.78 is 6.77. The lowest BCUT2D eigenvalue weighted by atomic mass is 10.0. The molecule has 0 spiro atoms. The van der Waals surface area contributed by atoms with Crippen LogP contribution in [0.5, 0.6) is 0 Å². The van der Waals surface area contributed by atoms with E-state index in [1.165, 1.54) is 16.4 Å². The minimum Gasteiger partial charge on any atom is -0.459 e. The fourth-order valence-electron chi connectivity index (χ4n) is 2.23. The first-order valence-electron chi connectivity index (χ1n) is 6.46. The highest BCUT2D eigenvalue weighted by atomic mass is 16.5. The summed E-state index contributed by atoms with van der Waals surface area (Å²) in [5, 5.41) is 3.95. The molecule has 0 aliphatic heterocycles. The van der Waals surface area contributed by atoms with Gasteiger partial charge >= 0.3 is 5.97 Å². The fourth-order valence-corrected chi connectivity index (χ4v) is 2.23. The van der Waals surface area contributed by atoms with Gasteiger partial charge in [-0.2, -0.15) is 5.10 Å². The summed E-state index contributed by atoms with van der Waals surface area (Å²) >= 11 is 0. The Morgan fingerprint density at radius 3 is 2.50 bits per heavy atom. The Bertz CT molecular complexity index is 609. The van der Waals surface area contributed by atoms with Crippen molar-refractivity contribution in [2.45, 2.75) is 33.9 Å². The Labute approximate surface area is 118 Å². The standard InChI is InChI=1S/C15H19N3O2/c1-10-4-11(2)14(12(3)5-10)9-20-15(19)8-18-7-13(16)6-17-18/h4-7H,8-9,16H2,1-3H3. The van der Waals surface area contributed by atoms with Crippen molar-refractivity contribution >= 4 is 11.7 Å². The number of nitrogens with two attached hydrogens (primary N) is 1. The van der Waals surface area contributed by atoms with Gasteiger partial charge in [-0.1, -0.05) is 17.7 Å². The Morgan fingerprint density at radius 2 is 1.95 bits per heavy atom. The number of anilines is 1.